The Balaban J connectivity index is 1.91. The number of hydrogen-bond donors (Lipinski definition) is 1. The van der Waals surface area contributed by atoms with Crippen LogP contribution in [0.1, 0.15) is 31.6 Å². The van der Waals surface area contributed by atoms with E-state index in [1.807, 2.05) is 37.3 Å². The summed E-state index contributed by atoms with van der Waals surface area (Å²) in [6, 6.07) is 16.5. The van der Waals surface area contributed by atoms with E-state index in [0.29, 0.717) is 6.42 Å². The fourth-order valence-electron chi connectivity index (χ4n) is 3.81. The zero-order valence-corrected chi connectivity index (χ0v) is 14.1. The predicted octanol–water partition coefficient (Wildman–Crippen LogP) is 4.39. The summed E-state index contributed by atoms with van der Waals surface area (Å²) in [7, 11) is 0. The third-order valence-corrected chi connectivity index (χ3v) is 4.98. The molecule has 1 aliphatic heterocycles. The normalized spacial score (nSPS) is 23.6. The van der Waals surface area contributed by atoms with Crippen molar-refractivity contribution in [2.24, 2.45) is 0 Å². The quantitative estimate of drug-likeness (QED) is 0.724. The molecular weight excluding hydrogens is 312 g/mol. The summed E-state index contributed by atoms with van der Waals surface area (Å²) >= 11 is 0. The SMILES string of the molecule is CC[C@H]1O[C@@H](n2c3ccccc3c3cc(/C=C/C#N)ccc32)CC1O. The molecule has 1 fully saturated rings. The first-order valence-corrected chi connectivity index (χ1v) is 8.65. The molecule has 0 aliphatic carbocycles. The van der Waals surface area contributed by atoms with Crippen LogP contribution in [0, 0.1) is 11.3 Å². The summed E-state index contributed by atoms with van der Waals surface area (Å²) < 4.78 is 8.33. The maximum Gasteiger partial charge on any atom is 0.137 e. The summed E-state index contributed by atoms with van der Waals surface area (Å²) in [6.07, 6.45) is 4.00. The van der Waals surface area contributed by atoms with E-state index in [0.717, 1.165) is 33.8 Å². The molecule has 1 N–H and O–H groups in total. The third-order valence-electron chi connectivity index (χ3n) is 4.98. The molecule has 0 spiro atoms. The lowest BCUT2D eigenvalue weighted by atomic mass is 10.1. The second-order valence-corrected chi connectivity index (χ2v) is 6.47. The van der Waals surface area contributed by atoms with Gasteiger partial charge in [-0.25, -0.2) is 0 Å². The van der Waals surface area contributed by atoms with Gasteiger partial charge in [0.1, 0.15) is 6.23 Å². The van der Waals surface area contributed by atoms with E-state index < -0.39 is 6.10 Å². The number of allylic oxidation sites excluding steroid dienone is 1. The predicted molar refractivity (Wildman–Crippen MR) is 98.9 cm³/mol. The number of hydrogen-bond acceptors (Lipinski definition) is 3. The number of nitrogens with zero attached hydrogens (tertiary/aromatic N) is 2. The van der Waals surface area contributed by atoms with E-state index in [1.165, 1.54) is 6.08 Å². The lowest BCUT2D eigenvalue weighted by Crippen LogP contribution is -2.19. The molecule has 2 aromatic carbocycles. The Morgan fingerprint density at radius 1 is 1.24 bits per heavy atom. The van der Waals surface area contributed by atoms with Crippen molar-refractivity contribution in [3.8, 4) is 6.07 Å². The van der Waals surface area contributed by atoms with Crippen LogP contribution in [0.25, 0.3) is 27.9 Å². The summed E-state index contributed by atoms with van der Waals surface area (Å²) in [5, 5.41) is 21.3. The number of para-hydroxylation sites is 1. The van der Waals surface area contributed by atoms with Crippen LogP contribution in [0.3, 0.4) is 0 Å². The second-order valence-electron chi connectivity index (χ2n) is 6.47. The zero-order chi connectivity index (χ0) is 17.4. The van der Waals surface area contributed by atoms with E-state index in [9.17, 15) is 5.11 Å². The van der Waals surface area contributed by atoms with Crippen molar-refractivity contribution < 1.29 is 9.84 Å². The zero-order valence-electron chi connectivity index (χ0n) is 14.1. The molecule has 1 aromatic heterocycles. The molecule has 1 saturated heterocycles. The van der Waals surface area contributed by atoms with Gasteiger partial charge in [-0.3, -0.25) is 0 Å². The molecule has 4 heteroatoms. The molecule has 0 bridgehead atoms. The van der Waals surface area contributed by atoms with Gasteiger partial charge in [-0.2, -0.15) is 5.26 Å². The maximum absolute atomic E-state index is 10.3. The molecule has 4 nitrogen and oxygen atoms in total. The summed E-state index contributed by atoms with van der Waals surface area (Å²) in [4.78, 5) is 0. The van der Waals surface area contributed by atoms with Gasteiger partial charge in [-0.15, -0.1) is 0 Å². The van der Waals surface area contributed by atoms with Crippen molar-refractivity contribution in [3.05, 3.63) is 54.1 Å². The number of aliphatic hydroxyl groups excluding tert-OH is 1. The Morgan fingerprint density at radius 2 is 2.04 bits per heavy atom. The van der Waals surface area contributed by atoms with Crippen molar-refractivity contribution >= 4 is 27.9 Å². The highest BCUT2D eigenvalue weighted by Crippen LogP contribution is 2.38. The Bertz CT molecular complexity index is 996. The third kappa shape index (κ3) is 2.62. The molecule has 1 aliphatic rings. The van der Waals surface area contributed by atoms with Gasteiger partial charge in [-0.05, 0) is 36.3 Å². The minimum absolute atomic E-state index is 0.112. The first-order valence-electron chi connectivity index (χ1n) is 8.65. The van der Waals surface area contributed by atoms with E-state index in [1.54, 1.807) is 0 Å². The number of aliphatic hydroxyl groups is 1. The van der Waals surface area contributed by atoms with Crippen molar-refractivity contribution in [1.82, 2.24) is 4.57 Å². The summed E-state index contributed by atoms with van der Waals surface area (Å²) in [5.74, 6) is 0. The van der Waals surface area contributed by atoms with Gasteiger partial charge in [0.25, 0.3) is 0 Å². The van der Waals surface area contributed by atoms with E-state index in [2.05, 4.69) is 28.8 Å². The molecule has 0 radical (unpaired) electrons. The number of fused-ring (bicyclic) bond motifs is 3. The van der Waals surface area contributed by atoms with Crippen LogP contribution in [-0.2, 0) is 4.74 Å². The van der Waals surface area contributed by atoms with Gasteiger partial charge in [0.05, 0.1) is 29.3 Å². The Hall–Kier alpha value is -2.61. The fourth-order valence-corrected chi connectivity index (χ4v) is 3.81. The smallest absolute Gasteiger partial charge is 0.137 e. The Kier molecular flexibility index (Phi) is 4.04. The van der Waals surface area contributed by atoms with Crippen LogP contribution < -0.4 is 0 Å². The summed E-state index contributed by atoms with van der Waals surface area (Å²) in [6.45, 7) is 2.04. The maximum atomic E-state index is 10.3. The number of rotatable bonds is 3. The van der Waals surface area contributed by atoms with Crippen molar-refractivity contribution in [3.63, 3.8) is 0 Å². The summed E-state index contributed by atoms with van der Waals surface area (Å²) in [5.41, 5.74) is 3.19. The lowest BCUT2D eigenvalue weighted by molar-refractivity contribution is -0.0162. The fraction of sp³-hybridized carbons (Fsp3) is 0.286. The minimum atomic E-state index is -0.427. The standard InChI is InChI=1S/C21H20N2O2/c1-2-20-19(24)13-21(25-20)23-17-8-4-3-7-15(17)16-12-14(6-5-11-22)9-10-18(16)23/h3-10,12,19-21,24H,2,13H2,1H3/b6-5+/t19?,20-,21-/m1/s1. The molecule has 126 valence electrons. The highest BCUT2D eigenvalue weighted by atomic mass is 16.5. The highest BCUT2D eigenvalue weighted by Gasteiger charge is 2.34. The van der Waals surface area contributed by atoms with Crippen LogP contribution in [0.4, 0.5) is 0 Å². The van der Waals surface area contributed by atoms with Crippen LogP contribution in [0.15, 0.2) is 48.5 Å². The van der Waals surface area contributed by atoms with Crippen molar-refractivity contribution in [2.45, 2.75) is 38.2 Å². The van der Waals surface area contributed by atoms with Gasteiger partial charge in [-0.1, -0.05) is 31.2 Å². The molecule has 0 saturated carbocycles. The molecule has 1 unspecified atom stereocenters. The van der Waals surface area contributed by atoms with Gasteiger partial charge < -0.3 is 14.4 Å². The van der Waals surface area contributed by atoms with Gasteiger partial charge in [0.2, 0.25) is 0 Å². The Morgan fingerprint density at radius 3 is 2.80 bits per heavy atom. The topological polar surface area (TPSA) is 58.2 Å². The van der Waals surface area contributed by atoms with Crippen LogP contribution in [0.2, 0.25) is 0 Å². The highest BCUT2D eigenvalue weighted by molar-refractivity contribution is 6.08. The lowest BCUT2D eigenvalue weighted by Gasteiger charge is -2.16. The monoisotopic (exact) mass is 332 g/mol. The first-order chi connectivity index (χ1) is 12.2. The van der Waals surface area contributed by atoms with E-state index in [4.69, 9.17) is 10.00 Å². The van der Waals surface area contributed by atoms with Gasteiger partial charge in [0.15, 0.2) is 0 Å². The molecule has 3 atom stereocenters. The van der Waals surface area contributed by atoms with Crippen molar-refractivity contribution in [1.29, 1.82) is 5.26 Å². The van der Waals surface area contributed by atoms with Gasteiger partial charge in [0, 0.05) is 23.3 Å². The number of ether oxygens (including phenoxy) is 1. The second kappa shape index (κ2) is 6.36. The molecule has 0 amide bonds. The minimum Gasteiger partial charge on any atom is -0.390 e. The molecular formula is C21H20N2O2. The largest absolute Gasteiger partial charge is 0.390 e. The average molecular weight is 332 g/mol. The number of aromatic nitrogens is 1. The first kappa shape index (κ1) is 15.9. The van der Waals surface area contributed by atoms with Crippen molar-refractivity contribution in [2.75, 3.05) is 0 Å². The molecule has 25 heavy (non-hydrogen) atoms. The van der Waals surface area contributed by atoms with E-state index >= 15 is 0 Å². The number of nitriles is 1. The van der Waals surface area contributed by atoms with Crippen LogP contribution in [-0.4, -0.2) is 21.9 Å². The Labute approximate surface area is 146 Å². The molecule has 3 aromatic rings. The van der Waals surface area contributed by atoms with Crippen LogP contribution >= 0.6 is 0 Å². The average Bonchev–Trinajstić information content (AvgIpc) is 3.17. The van der Waals surface area contributed by atoms with Crippen LogP contribution in [0.5, 0.6) is 0 Å². The van der Waals surface area contributed by atoms with E-state index in [-0.39, 0.29) is 12.3 Å². The van der Waals surface area contributed by atoms with Gasteiger partial charge >= 0.3 is 0 Å². The molecule has 2 heterocycles. The molecule has 4 rings (SSSR count). The number of benzene rings is 2.